The fraction of sp³-hybridized carbons (Fsp3) is 0.333. The smallest absolute Gasteiger partial charge is 0.329 e. The normalized spacial score (nSPS) is 14.4. The van der Waals surface area contributed by atoms with Gasteiger partial charge in [0.05, 0.1) is 23.0 Å². The minimum atomic E-state index is -0.695. The number of aromatic nitrogens is 2. The highest BCUT2D eigenvalue weighted by Crippen LogP contribution is 2.17. The largest absolute Gasteiger partial charge is 0.339 e. The second-order valence-electron chi connectivity index (χ2n) is 8.64. The Morgan fingerprint density at radius 1 is 1.09 bits per heavy atom. The van der Waals surface area contributed by atoms with Crippen LogP contribution in [0.4, 0.5) is 4.39 Å². The van der Waals surface area contributed by atoms with Crippen molar-refractivity contribution in [3.05, 3.63) is 80.2 Å². The van der Waals surface area contributed by atoms with Crippen LogP contribution in [0.15, 0.2) is 52.1 Å². The molecule has 2 heterocycles. The van der Waals surface area contributed by atoms with Crippen molar-refractivity contribution in [1.29, 1.82) is 0 Å². The molecule has 172 valence electrons. The number of fused-ring (bicyclic) bond motifs is 1. The molecule has 4 rings (SSSR count). The highest BCUT2D eigenvalue weighted by Gasteiger charge is 2.29. The molecule has 0 saturated carbocycles. The molecule has 2 aromatic carbocycles. The lowest BCUT2D eigenvalue weighted by Gasteiger charge is -2.35. The van der Waals surface area contributed by atoms with E-state index < -0.39 is 23.0 Å². The fourth-order valence-corrected chi connectivity index (χ4v) is 4.10. The topological polar surface area (TPSA) is 95.5 Å². The Morgan fingerprint density at radius 2 is 1.85 bits per heavy atom. The molecule has 0 aliphatic carbocycles. The van der Waals surface area contributed by atoms with Crippen LogP contribution in [0.3, 0.4) is 0 Å². The van der Waals surface area contributed by atoms with Gasteiger partial charge in [0.1, 0.15) is 12.4 Å². The van der Waals surface area contributed by atoms with Gasteiger partial charge in [0.15, 0.2) is 0 Å². The van der Waals surface area contributed by atoms with Gasteiger partial charge in [0, 0.05) is 19.6 Å². The molecule has 1 fully saturated rings. The number of amides is 2. The Kier molecular flexibility index (Phi) is 6.13. The van der Waals surface area contributed by atoms with E-state index in [1.807, 2.05) is 13.8 Å². The summed E-state index contributed by atoms with van der Waals surface area (Å²) in [7, 11) is 0. The van der Waals surface area contributed by atoms with Crippen molar-refractivity contribution in [2.45, 2.75) is 20.4 Å². The number of benzene rings is 2. The van der Waals surface area contributed by atoms with E-state index in [1.165, 1.54) is 27.7 Å². The lowest BCUT2D eigenvalue weighted by atomic mass is 10.1. The quantitative estimate of drug-likeness (QED) is 0.639. The third kappa shape index (κ3) is 4.57. The SMILES string of the molecule is CC(C)CN1CCN(C(=O)c2cc(Cn3c(=O)[nH]c(=O)c4ccccc43)ccc2F)CC1=O. The van der Waals surface area contributed by atoms with Crippen molar-refractivity contribution >= 4 is 22.7 Å². The Hall–Kier alpha value is -3.75. The van der Waals surface area contributed by atoms with Crippen LogP contribution in [0.5, 0.6) is 0 Å². The number of carbonyl (C=O) groups excluding carboxylic acids is 2. The van der Waals surface area contributed by atoms with Crippen molar-refractivity contribution in [2.75, 3.05) is 26.2 Å². The Morgan fingerprint density at radius 3 is 2.58 bits per heavy atom. The number of halogens is 1. The summed E-state index contributed by atoms with van der Waals surface area (Å²) in [6, 6.07) is 10.7. The summed E-state index contributed by atoms with van der Waals surface area (Å²) in [5.74, 6) is -1.10. The molecule has 2 amide bonds. The maximum atomic E-state index is 14.6. The first-order valence-electron chi connectivity index (χ1n) is 10.8. The number of nitrogens with zero attached hydrogens (tertiary/aromatic N) is 3. The van der Waals surface area contributed by atoms with Gasteiger partial charge in [-0.1, -0.05) is 32.0 Å². The molecule has 1 aliphatic rings. The first kappa shape index (κ1) is 22.4. The molecule has 1 saturated heterocycles. The summed E-state index contributed by atoms with van der Waals surface area (Å²) in [6.45, 7) is 5.32. The van der Waals surface area contributed by atoms with Crippen LogP contribution in [0.2, 0.25) is 0 Å². The molecular formula is C24H25FN4O4. The van der Waals surface area contributed by atoms with Gasteiger partial charge >= 0.3 is 5.69 Å². The number of hydrogen-bond donors (Lipinski definition) is 1. The van der Waals surface area contributed by atoms with Gasteiger partial charge in [-0.15, -0.1) is 0 Å². The van der Waals surface area contributed by atoms with Crippen LogP contribution in [-0.4, -0.2) is 57.3 Å². The van der Waals surface area contributed by atoms with Crippen LogP contribution in [-0.2, 0) is 11.3 Å². The zero-order valence-corrected chi connectivity index (χ0v) is 18.5. The monoisotopic (exact) mass is 452 g/mol. The van der Waals surface area contributed by atoms with Crippen molar-refractivity contribution in [3.8, 4) is 0 Å². The number of carbonyl (C=O) groups is 2. The standard InChI is InChI=1S/C24H25FN4O4/c1-15(2)12-27-9-10-28(14-21(27)30)23(32)18-11-16(7-8-19(18)25)13-29-20-6-4-3-5-17(20)22(31)26-24(29)33/h3-8,11,15H,9-10,12-14H2,1-2H3,(H,26,31,33). The van der Waals surface area contributed by atoms with Crippen molar-refractivity contribution in [2.24, 2.45) is 5.92 Å². The zero-order valence-electron chi connectivity index (χ0n) is 18.5. The van der Waals surface area contributed by atoms with Gasteiger partial charge in [0.2, 0.25) is 5.91 Å². The maximum absolute atomic E-state index is 14.6. The van der Waals surface area contributed by atoms with Gasteiger partial charge in [-0.25, -0.2) is 9.18 Å². The van der Waals surface area contributed by atoms with E-state index in [0.717, 1.165) is 0 Å². The highest BCUT2D eigenvalue weighted by atomic mass is 19.1. The molecule has 3 aromatic rings. The average molecular weight is 452 g/mol. The van der Waals surface area contributed by atoms with E-state index in [-0.39, 0.29) is 24.6 Å². The zero-order chi connectivity index (χ0) is 23.7. The first-order valence-corrected chi connectivity index (χ1v) is 10.8. The molecule has 0 unspecified atom stereocenters. The summed E-state index contributed by atoms with van der Waals surface area (Å²) < 4.78 is 16.0. The number of aromatic amines is 1. The number of rotatable bonds is 5. The van der Waals surface area contributed by atoms with Crippen molar-refractivity contribution in [1.82, 2.24) is 19.4 Å². The summed E-state index contributed by atoms with van der Waals surface area (Å²) in [5.41, 5.74) is -0.274. The van der Waals surface area contributed by atoms with Crippen LogP contribution < -0.4 is 11.2 Å². The predicted molar refractivity (Wildman–Crippen MR) is 122 cm³/mol. The molecule has 1 N–H and O–H groups in total. The van der Waals surface area contributed by atoms with Gasteiger partial charge in [0.25, 0.3) is 11.5 Å². The van der Waals surface area contributed by atoms with Crippen LogP contribution in [0.1, 0.15) is 29.8 Å². The third-order valence-electron chi connectivity index (χ3n) is 5.70. The first-order chi connectivity index (χ1) is 15.7. The van der Waals surface area contributed by atoms with Gasteiger partial charge in [-0.05, 0) is 35.7 Å². The van der Waals surface area contributed by atoms with Gasteiger partial charge in [-0.2, -0.15) is 0 Å². The number of para-hydroxylation sites is 1. The molecule has 33 heavy (non-hydrogen) atoms. The Bertz CT molecular complexity index is 1340. The Labute approximate surface area is 189 Å². The molecule has 8 nitrogen and oxygen atoms in total. The van der Waals surface area contributed by atoms with E-state index in [2.05, 4.69) is 4.98 Å². The molecule has 0 spiro atoms. The average Bonchev–Trinajstić information content (AvgIpc) is 2.78. The summed E-state index contributed by atoms with van der Waals surface area (Å²) in [6.07, 6.45) is 0. The number of hydrogen-bond acceptors (Lipinski definition) is 4. The molecular weight excluding hydrogens is 427 g/mol. The molecule has 0 atom stereocenters. The number of nitrogens with one attached hydrogen (secondary N) is 1. The third-order valence-corrected chi connectivity index (χ3v) is 5.70. The lowest BCUT2D eigenvalue weighted by molar-refractivity contribution is -0.135. The summed E-state index contributed by atoms with van der Waals surface area (Å²) >= 11 is 0. The van der Waals surface area contributed by atoms with Crippen LogP contribution >= 0.6 is 0 Å². The number of piperazine rings is 1. The van der Waals surface area contributed by atoms with Crippen molar-refractivity contribution in [3.63, 3.8) is 0 Å². The molecule has 0 bridgehead atoms. The Balaban J connectivity index is 1.60. The van der Waals surface area contributed by atoms with Crippen LogP contribution in [0.25, 0.3) is 10.9 Å². The van der Waals surface area contributed by atoms with E-state index in [1.54, 1.807) is 29.2 Å². The minimum absolute atomic E-state index is 0.0395. The molecule has 0 radical (unpaired) electrons. The van der Waals surface area contributed by atoms with E-state index >= 15 is 0 Å². The fourth-order valence-electron chi connectivity index (χ4n) is 4.10. The molecule has 1 aromatic heterocycles. The van der Waals surface area contributed by atoms with E-state index in [0.29, 0.717) is 42.0 Å². The minimum Gasteiger partial charge on any atom is -0.339 e. The number of H-pyrrole nitrogens is 1. The highest BCUT2D eigenvalue weighted by molar-refractivity contribution is 5.97. The second kappa shape index (κ2) is 9.01. The van der Waals surface area contributed by atoms with Crippen LogP contribution in [0, 0.1) is 11.7 Å². The van der Waals surface area contributed by atoms with E-state index in [4.69, 9.17) is 0 Å². The predicted octanol–water partition coefficient (Wildman–Crippen LogP) is 1.82. The molecule has 9 heteroatoms. The lowest BCUT2D eigenvalue weighted by Crippen LogP contribution is -2.53. The summed E-state index contributed by atoms with van der Waals surface area (Å²) in [5, 5.41) is 0.355. The van der Waals surface area contributed by atoms with E-state index in [9.17, 15) is 23.6 Å². The van der Waals surface area contributed by atoms with Gasteiger partial charge < -0.3 is 9.80 Å². The molecule has 1 aliphatic heterocycles. The van der Waals surface area contributed by atoms with Gasteiger partial charge in [-0.3, -0.25) is 23.9 Å². The second-order valence-corrected chi connectivity index (χ2v) is 8.64. The summed E-state index contributed by atoms with van der Waals surface area (Å²) in [4.78, 5) is 55.3. The maximum Gasteiger partial charge on any atom is 0.329 e. The van der Waals surface area contributed by atoms with Crippen molar-refractivity contribution < 1.29 is 14.0 Å².